The van der Waals surface area contributed by atoms with Gasteiger partial charge in [-0.05, 0) is 37.6 Å². The van der Waals surface area contributed by atoms with Gasteiger partial charge in [0, 0.05) is 25.7 Å². The Bertz CT molecular complexity index is 967. The Kier molecular flexibility index (Phi) is 6.17. The van der Waals surface area contributed by atoms with Crippen LogP contribution in [0.3, 0.4) is 0 Å². The van der Waals surface area contributed by atoms with E-state index >= 15 is 0 Å². The number of hydrogen-bond donors (Lipinski definition) is 3. The Labute approximate surface area is 175 Å². The van der Waals surface area contributed by atoms with Gasteiger partial charge in [-0.1, -0.05) is 12.1 Å². The maximum Gasteiger partial charge on any atom is 0.216 e. The molecular weight excluding hydrogens is 382 g/mol. The van der Waals surface area contributed by atoms with E-state index in [0.717, 1.165) is 43.5 Å². The Hall–Kier alpha value is -3.49. The highest BCUT2D eigenvalue weighted by molar-refractivity contribution is 5.80. The zero-order valence-corrected chi connectivity index (χ0v) is 17.3. The van der Waals surface area contributed by atoms with Gasteiger partial charge in [-0.15, -0.1) is 5.10 Å². The molecule has 9 heteroatoms. The number of aromatic amines is 1. The summed E-state index contributed by atoms with van der Waals surface area (Å²) in [6, 6.07) is 12.1. The molecule has 3 N–H and O–H groups in total. The van der Waals surface area contributed by atoms with E-state index in [4.69, 9.17) is 9.15 Å². The molecule has 0 amide bonds. The molecule has 1 fully saturated rings. The average molecular weight is 409 g/mol. The summed E-state index contributed by atoms with van der Waals surface area (Å²) in [5.74, 6) is 3.51. The lowest BCUT2D eigenvalue weighted by Gasteiger charge is -2.22. The number of para-hydroxylation sites is 2. The van der Waals surface area contributed by atoms with Crippen LogP contribution in [0.25, 0.3) is 11.6 Å². The Morgan fingerprint density at radius 2 is 2.23 bits per heavy atom. The van der Waals surface area contributed by atoms with Gasteiger partial charge in [0.05, 0.1) is 19.1 Å². The lowest BCUT2D eigenvalue weighted by atomic mass is 10.2. The summed E-state index contributed by atoms with van der Waals surface area (Å²) in [6.07, 6.45) is 2.63. The molecule has 1 unspecified atom stereocenters. The van der Waals surface area contributed by atoms with Gasteiger partial charge in [0.25, 0.3) is 0 Å². The van der Waals surface area contributed by atoms with Crippen LogP contribution in [-0.4, -0.2) is 53.9 Å². The van der Waals surface area contributed by atoms with Crippen LogP contribution in [0.5, 0.6) is 5.75 Å². The third-order valence-corrected chi connectivity index (χ3v) is 4.96. The third-order valence-electron chi connectivity index (χ3n) is 4.96. The Balaban J connectivity index is 1.38. The molecule has 1 aliphatic heterocycles. The first-order chi connectivity index (χ1) is 14.8. The summed E-state index contributed by atoms with van der Waals surface area (Å²) < 4.78 is 10.8. The van der Waals surface area contributed by atoms with E-state index < -0.39 is 0 Å². The second-order valence-electron chi connectivity index (χ2n) is 7.03. The topological polar surface area (TPSA) is 104 Å². The van der Waals surface area contributed by atoms with Crippen molar-refractivity contribution >= 4 is 11.6 Å². The van der Waals surface area contributed by atoms with Crippen molar-refractivity contribution in [2.45, 2.75) is 25.9 Å². The first kappa shape index (κ1) is 19.8. The van der Waals surface area contributed by atoms with Crippen molar-refractivity contribution in [3.8, 4) is 17.3 Å². The molecule has 0 aliphatic carbocycles. The summed E-state index contributed by atoms with van der Waals surface area (Å²) >= 11 is 0. The van der Waals surface area contributed by atoms with E-state index in [9.17, 15) is 0 Å². The van der Waals surface area contributed by atoms with E-state index in [0.29, 0.717) is 30.0 Å². The van der Waals surface area contributed by atoms with Gasteiger partial charge in [-0.2, -0.15) is 0 Å². The number of anilines is 1. The van der Waals surface area contributed by atoms with Gasteiger partial charge < -0.3 is 24.7 Å². The summed E-state index contributed by atoms with van der Waals surface area (Å²) in [4.78, 5) is 11.4. The van der Waals surface area contributed by atoms with Crippen molar-refractivity contribution < 1.29 is 9.15 Å². The molecule has 4 rings (SSSR count). The van der Waals surface area contributed by atoms with Crippen molar-refractivity contribution in [2.75, 3.05) is 31.6 Å². The zero-order chi connectivity index (χ0) is 20.8. The second kappa shape index (κ2) is 9.34. The number of rotatable bonds is 7. The van der Waals surface area contributed by atoms with Crippen LogP contribution >= 0.6 is 0 Å². The van der Waals surface area contributed by atoms with Crippen molar-refractivity contribution in [2.24, 2.45) is 4.99 Å². The molecule has 3 aromatic rings. The average Bonchev–Trinajstić information content (AvgIpc) is 3.53. The number of furan rings is 1. The van der Waals surface area contributed by atoms with Crippen molar-refractivity contribution in [3.05, 3.63) is 48.5 Å². The standard InChI is InChI=1S/C21H27N7O2/c1-3-22-21(23-13-19-25-20(27-26-19)18-9-6-12-30-18)24-15-10-11-28(14-15)16-7-4-5-8-17(16)29-2/h4-9,12,15H,3,10-11,13-14H2,1-2H3,(H2,22,23,24)(H,25,26,27). The predicted octanol–water partition coefficient (Wildman–Crippen LogP) is 2.41. The number of hydrogen-bond acceptors (Lipinski definition) is 6. The van der Waals surface area contributed by atoms with Crippen molar-refractivity contribution in [1.29, 1.82) is 0 Å². The molecular formula is C21H27N7O2. The molecule has 1 atom stereocenters. The van der Waals surface area contributed by atoms with E-state index in [2.05, 4.69) is 48.7 Å². The van der Waals surface area contributed by atoms with Crippen LogP contribution in [-0.2, 0) is 6.54 Å². The molecule has 1 aromatic carbocycles. The SMILES string of the molecule is CCNC(=NCc1nc(-c2ccco2)n[nH]1)NC1CCN(c2ccccc2OC)C1. The Morgan fingerprint density at radius 3 is 3.03 bits per heavy atom. The number of aliphatic imine (C=N–C) groups is 1. The number of guanidine groups is 1. The number of H-pyrrole nitrogens is 1. The highest BCUT2D eigenvalue weighted by Gasteiger charge is 2.25. The van der Waals surface area contributed by atoms with Crippen LogP contribution in [0.15, 0.2) is 52.1 Å². The highest BCUT2D eigenvalue weighted by Crippen LogP contribution is 2.30. The lowest BCUT2D eigenvalue weighted by molar-refractivity contribution is 0.415. The van der Waals surface area contributed by atoms with Crippen LogP contribution in [0.2, 0.25) is 0 Å². The van der Waals surface area contributed by atoms with Gasteiger partial charge >= 0.3 is 0 Å². The van der Waals surface area contributed by atoms with Gasteiger partial charge in [0.15, 0.2) is 11.7 Å². The summed E-state index contributed by atoms with van der Waals surface area (Å²) in [5, 5.41) is 13.9. The number of ether oxygens (including phenoxy) is 1. The monoisotopic (exact) mass is 409 g/mol. The first-order valence-electron chi connectivity index (χ1n) is 10.1. The molecule has 0 radical (unpaired) electrons. The van der Waals surface area contributed by atoms with Crippen LogP contribution < -0.4 is 20.3 Å². The fraction of sp³-hybridized carbons (Fsp3) is 0.381. The number of nitrogens with one attached hydrogen (secondary N) is 3. The molecule has 0 spiro atoms. The minimum absolute atomic E-state index is 0.293. The highest BCUT2D eigenvalue weighted by atomic mass is 16.5. The quantitative estimate of drug-likeness (QED) is 0.407. The van der Waals surface area contributed by atoms with E-state index in [1.807, 2.05) is 30.3 Å². The van der Waals surface area contributed by atoms with Gasteiger partial charge in [-0.25, -0.2) is 9.98 Å². The van der Waals surface area contributed by atoms with E-state index in [1.165, 1.54) is 0 Å². The second-order valence-corrected chi connectivity index (χ2v) is 7.03. The first-order valence-corrected chi connectivity index (χ1v) is 10.1. The fourth-order valence-corrected chi connectivity index (χ4v) is 3.54. The van der Waals surface area contributed by atoms with Crippen LogP contribution in [0.1, 0.15) is 19.2 Å². The molecule has 0 saturated carbocycles. The Morgan fingerprint density at radius 1 is 1.33 bits per heavy atom. The minimum Gasteiger partial charge on any atom is -0.495 e. The number of benzene rings is 1. The minimum atomic E-state index is 0.293. The van der Waals surface area contributed by atoms with Crippen LogP contribution in [0.4, 0.5) is 5.69 Å². The van der Waals surface area contributed by atoms with Gasteiger partial charge in [0.1, 0.15) is 18.1 Å². The zero-order valence-electron chi connectivity index (χ0n) is 17.3. The van der Waals surface area contributed by atoms with E-state index in [1.54, 1.807) is 13.4 Å². The third kappa shape index (κ3) is 4.56. The maximum atomic E-state index is 5.51. The maximum absolute atomic E-state index is 5.51. The van der Waals surface area contributed by atoms with Crippen LogP contribution in [0, 0.1) is 0 Å². The molecule has 158 valence electrons. The fourth-order valence-electron chi connectivity index (χ4n) is 3.54. The lowest BCUT2D eigenvalue weighted by Crippen LogP contribution is -2.44. The molecule has 0 bridgehead atoms. The number of aromatic nitrogens is 3. The molecule has 2 aromatic heterocycles. The van der Waals surface area contributed by atoms with Gasteiger partial charge in [-0.3, -0.25) is 5.10 Å². The molecule has 3 heterocycles. The number of nitrogens with zero attached hydrogens (tertiary/aromatic N) is 4. The number of methoxy groups -OCH3 is 1. The molecule has 30 heavy (non-hydrogen) atoms. The van der Waals surface area contributed by atoms with Crippen molar-refractivity contribution in [3.63, 3.8) is 0 Å². The normalized spacial score (nSPS) is 16.7. The van der Waals surface area contributed by atoms with E-state index in [-0.39, 0.29) is 0 Å². The summed E-state index contributed by atoms with van der Waals surface area (Å²) in [7, 11) is 1.71. The molecule has 9 nitrogen and oxygen atoms in total. The van der Waals surface area contributed by atoms with Crippen molar-refractivity contribution in [1.82, 2.24) is 25.8 Å². The summed E-state index contributed by atoms with van der Waals surface area (Å²) in [6.45, 7) is 5.08. The molecule has 1 saturated heterocycles. The predicted molar refractivity (Wildman–Crippen MR) is 116 cm³/mol. The smallest absolute Gasteiger partial charge is 0.216 e. The summed E-state index contributed by atoms with van der Waals surface area (Å²) in [5.41, 5.74) is 1.12. The van der Waals surface area contributed by atoms with Gasteiger partial charge in [0.2, 0.25) is 5.82 Å². The largest absolute Gasteiger partial charge is 0.495 e. The molecule has 1 aliphatic rings.